The maximum absolute atomic E-state index is 5.31. The van der Waals surface area contributed by atoms with Crippen LogP contribution in [0.3, 0.4) is 0 Å². The average molecular weight is 166 g/mol. The topological polar surface area (TPSA) is 27.1 Å². The molecule has 2 heterocycles. The number of imidazole rings is 1. The number of hydrogen-bond donors (Lipinski definition) is 0. The molecule has 1 aromatic heterocycles. The maximum atomic E-state index is 5.31. The zero-order valence-corrected chi connectivity index (χ0v) is 7.58. The third-order valence-corrected chi connectivity index (χ3v) is 2.17. The first-order valence-electron chi connectivity index (χ1n) is 4.41. The second kappa shape index (κ2) is 2.90. The number of rotatable bonds is 1. The summed E-state index contributed by atoms with van der Waals surface area (Å²) in [4.78, 5) is 4.53. The predicted molar refractivity (Wildman–Crippen MR) is 46.0 cm³/mol. The molecular weight excluding hydrogens is 152 g/mol. The van der Waals surface area contributed by atoms with Crippen molar-refractivity contribution in [1.82, 2.24) is 9.55 Å². The van der Waals surface area contributed by atoms with E-state index >= 15 is 0 Å². The lowest BCUT2D eigenvalue weighted by Gasteiger charge is -2.13. The number of fused-ring (bicyclic) bond motifs is 1. The highest BCUT2D eigenvalue weighted by molar-refractivity contribution is 5.08. The smallest absolute Gasteiger partial charge is 0.124 e. The lowest BCUT2D eigenvalue weighted by molar-refractivity contribution is 0.0558. The second-order valence-corrected chi connectivity index (χ2v) is 3.49. The Morgan fingerprint density at radius 3 is 3.08 bits per heavy atom. The van der Waals surface area contributed by atoms with E-state index in [1.165, 1.54) is 11.5 Å². The van der Waals surface area contributed by atoms with E-state index in [1.54, 1.807) is 0 Å². The van der Waals surface area contributed by atoms with Gasteiger partial charge in [-0.3, -0.25) is 0 Å². The minimum absolute atomic E-state index is 0.517. The molecule has 66 valence electrons. The molecule has 12 heavy (non-hydrogen) atoms. The van der Waals surface area contributed by atoms with E-state index in [4.69, 9.17) is 4.74 Å². The second-order valence-electron chi connectivity index (χ2n) is 3.49. The van der Waals surface area contributed by atoms with Crippen LogP contribution in [-0.2, 0) is 17.9 Å². The minimum Gasteiger partial charge on any atom is -0.360 e. The van der Waals surface area contributed by atoms with Crippen molar-refractivity contribution in [2.75, 3.05) is 6.61 Å². The fourth-order valence-electron chi connectivity index (χ4n) is 1.39. The fraction of sp³-hybridized carbons (Fsp3) is 0.667. The Labute approximate surface area is 72.4 Å². The van der Waals surface area contributed by atoms with Gasteiger partial charge in [-0.1, -0.05) is 13.8 Å². The van der Waals surface area contributed by atoms with Crippen LogP contribution in [0.2, 0.25) is 0 Å². The third-order valence-electron chi connectivity index (χ3n) is 2.17. The Morgan fingerprint density at radius 1 is 1.58 bits per heavy atom. The van der Waals surface area contributed by atoms with Crippen molar-refractivity contribution in [3.8, 4) is 0 Å². The van der Waals surface area contributed by atoms with Crippen LogP contribution in [0.15, 0.2) is 6.20 Å². The van der Waals surface area contributed by atoms with Crippen LogP contribution in [-0.4, -0.2) is 16.2 Å². The van der Waals surface area contributed by atoms with Crippen molar-refractivity contribution in [1.29, 1.82) is 0 Å². The largest absolute Gasteiger partial charge is 0.360 e. The molecule has 1 aromatic rings. The van der Waals surface area contributed by atoms with Gasteiger partial charge in [0.15, 0.2) is 0 Å². The van der Waals surface area contributed by atoms with Crippen LogP contribution < -0.4 is 0 Å². The highest BCUT2D eigenvalue weighted by atomic mass is 16.5. The molecule has 0 aromatic carbocycles. The van der Waals surface area contributed by atoms with Gasteiger partial charge in [0.2, 0.25) is 0 Å². The van der Waals surface area contributed by atoms with Crippen LogP contribution in [0.4, 0.5) is 0 Å². The van der Waals surface area contributed by atoms with Gasteiger partial charge in [0.05, 0.1) is 12.3 Å². The number of nitrogens with zero attached hydrogens (tertiary/aromatic N) is 2. The molecule has 1 aliphatic heterocycles. The summed E-state index contributed by atoms with van der Waals surface area (Å²) in [7, 11) is 0. The van der Waals surface area contributed by atoms with Crippen LogP contribution in [0.25, 0.3) is 0 Å². The van der Waals surface area contributed by atoms with E-state index in [9.17, 15) is 0 Å². The highest BCUT2D eigenvalue weighted by Gasteiger charge is 2.13. The van der Waals surface area contributed by atoms with Gasteiger partial charge >= 0.3 is 0 Å². The number of hydrogen-bond acceptors (Lipinski definition) is 2. The van der Waals surface area contributed by atoms with Crippen molar-refractivity contribution in [3.05, 3.63) is 17.7 Å². The predicted octanol–water partition coefficient (Wildman–Crippen LogP) is 1.54. The Morgan fingerprint density at radius 2 is 2.42 bits per heavy atom. The van der Waals surface area contributed by atoms with Crippen LogP contribution in [0.1, 0.15) is 31.3 Å². The van der Waals surface area contributed by atoms with E-state index < -0.39 is 0 Å². The first-order valence-corrected chi connectivity index (χ1v) is 4.41. The summed E-state index contributed by atoms with van der Waals surface area (Å²) in [5.41, 5.74) is 1.18. The van der Waals surface area contributed by atoms with E-state index in [-0.39, 0.29) is 0 Å². The zero-order valence-electron chi connectivity index (χ0n) is 7.58. The summed E-state index contributed by atoms with van der Waals surface area (Å²) >= 11 is 0. The molecule has 3 nitrogen and oxygen atoms in total. The molecule has 0 unspecified atom stereocenters. The summed E-state index contributed by atoms with van der Waals surface area (Å²) in [5, 5.41) is 0. The molecule has 0 aliphatic carbocycles. The Balaban J connectivity index is 2.32. The highest BCUT2D eigenvalue weighted by Crippen LogP contribution is 2.16. The van der Waals surface area contributed by atoms with Crippen LogP contribution in [0, 0.1) is 0 Å². The van der Waals surface area contributed by atoms with Crippen LogP contribution in [0.5, 0.6) is 0 Å². The van der Waals surface area contributed by atoms with Gasteiger partial charge < -0.3 is 9.30 Å². The molecule has 0 atom stereocenters. The molecule has 0 bridgehead atoms. The quantitative estimate of drug-likeness (QED) is 0.632. The molecule has 0 saturated heterocycles. The molecule has 0 radical (unpaired) electrons. The Bertz CT molecular complexity index is 255. The third kappa shape index (κ3) is 1.25. The molecule has 2 rings (SSSR count). The van der Waals surface area contributed by atoms with Crippen molar-refractivity contribution in [2.45, 2.75) is 32.9 Å². The lowest BCUT2D eigenvalue weighted by Crippen LogP contribution is -2.15. The van der Waals surface area contributed by atoms with Gasteiger partial charge in [-0.15, -0.1) is 0 Å². The molecule has 0 saturated carbocycles. The van der Waals surface area contributed by atoms with Crippen molar-refractivity contribution < 1.29 is 4.74 Å². The van der Waals surface area contributed by atoms with Crippen molar-refractivity contribution in [2.24, 2.45) is 0 Å². The number of aromatic nitrogens is 2. The Kier molecular flexibility index (Phi) is 1.89. The van der Waals surface area contributed by atoms with Crippen molar-refractivity contribution >= 4 is 0 Å². The molecule has 0 N–H and O–H groups in total. The summed E-state index contributed by atoms with van der Waals surface area (Å²) in [6.07, 6.45) is 3.05. The molecule has 1 aliphatic rings. The summed E-state index contributed by atoms with van der Waals surface area (Å²) in [6.45, 7) is 5.81. The minimum atomic E-state index is 0.517. The van der Waals surface area contributed by atoms with E-state index in [1.807, 2.05) is 0 Å². The monoisotopic (exact) mass is 166 g/mol. The molecule has 0 fully saturated rings. The van der Waals surface area contributed by atoms with Gasteiger partial charge in [0.25, 0.3) is 0 Å². The Hall–Kier alpha value is -0.830. The SMILES string of the molecule is CC(C)c1cn2c(n1)CCOC2. The van der Waals surface area contributed by atoms with Crippen LogP contribution >= 0.6 is 0 Å². The fourth-order valence-corrected chi connectivity index (χ4v) is 1.39. The van der Waals surface area contributed by atoms with Gasteiger partial charge in [0.1, 0.15) is 12.6 Å². The van der Waals surface area contributed by atoms with E-state index in [0.29, 0.717) is 12.6 Å². The maximum Gasteiger partial charge on any atom is 0.124 e. The van der Waals surface area contributed by atoms with E-state index in [2.05, 4.69) is 29.6 Å². The molecule has 3 heteroatoms. The molecule has 0 spiro atoms. The summed E-state index contributed by atoms with van der Waals surface area (Å²) < 4.78 is 7.41. The first kappa shape index (κ1) is 7.80. The van der Waals surface area contributed by atoms with E-state index in [0.717, 1.165) is 13.0 Å². The van der Waals surface area contributed by atoms with Gasteiger partial charge in [-0.2, -0.15) is 0 Å². The average Bonchev–Trinajstić information content (AvgIpc) is 2.46. The molecular formula is C9H14N2O. The lowest BCUT2D eigenvalue weighted by atomic mass is 10.2. The van der Waals surface area contributed by atoms with Gasteiger partial charge in [-0.25, -0.2) is 4.98 Å². The summed E-state index contributed by atoms with van der Waals surface area (Å²) in [5.74, 6) is 1.69. The summed E-state index contributed by atoms with van der Waals surface area (Å²) in [6, 6.07) is 0. The zero-order chi connectivity index (χ0) is 8.55. The molecule has 0 amide bonds. The van der Waals surface area contributed by atoms with Crippen molar-refractivity contribution in [3.63, 3.8) is 0 Å². The van der Waals surface area contributed by atoms with Gasteiger partial charge in [-0.05, 0) is 5.92 Å². The normalized spacial score (nSPS) is 16.6. The van der Waals surface area contributed by atoms with Gasteiger partial charge in [0, 0.05) is 12.6 Å². The number of ether oxygens (including phenoxy) is 1. The standard InChI is InChI=1S/C9H14N2O/c1-7(2)8-5-11-6-12-4-3-9(11)10-8/h5,7H,3-4,6H2,1-2H3. The first-order chi connectivity index (χ1) is 5.77.